The van der Waals surface area contributed by atoms with E-state index in [9.17, 15) is 9.90 Å². The van der Waals surface area contributed by atoms with Crippen LogP contribution in [0.4, 0.5) is 0 Å². The summed E-state index contributed by atoms with van der Waals surface area (Å²) in [5.41, 5.74) is 6.21. The number of rotatable bonds is 5. The van der Waals surface area contributed by atoms with E-state index < -0.39 is 0 Å². The second-order valence-electron chi connectivity index (χ2n) is 8.35. The molecular formula is C29H25NO2. The summed E-state index contributed by atoms with van der Waals surface area (Å²) in [6, 6.07) is 33.6. The van der Waals surface area contributed by atoms with Gasteiger partial charge in [-0.2, -0.15) is 0 Å². The minimum absolute atomic E-state index is 0.0191. The number of amides is 1. The summed E-state index contributed by atoms with van der Waals surface area (Å²) in [6.45, 7) is 0.453. The van der Waals surface area contributed by atoms with Gasteiger partial charge in [-0.25, -0.2) is 0 Å². The van der Waals surface area contributed by atoms with Gasteiger partial charge in [0.1, 0.15) is 5.75 Å². The minimum Gasteiger partial charge on any atom is -0.508 e. The number of carbonyl (C=O) groups is 1. The van der Waals surface area contributed by atoms with Gasteiger partial charge in [0.25, 0.3) is 5.91 Å². The van der Waals surface area contributed by atoms with Gasteiger partial charge < -0.3 is 10.0 Å². The van der Waals surface area contributed by atoms with Crippen molar-refractivity contribution < 1.29 is 9.90 Å². The van der Waals surface area contributed by atoms with E-state index >= 15 is 0 Å². The van der Waals surface area contributed by atoms with Crippen LogP contribution < -0.4 is 0 Å². The molecule has 0 saturated heterocycles. The molecule has 3 nitrogen and oxygen atoms in total. The van der Waals surface area contributed by atoms with E-state index in [2.05, 4.69) is 24.3 Å². The van der Waals surface area contributed by atoms with E-state index in [1.165, 1.54) is 11.1 Å². The van der Waals surface area contributed by atoms with Crippen molar-refractivity contribution in [1.82, 2.24) is 4.90 Å². The number of benzene rings is 4. The maximum absolute atomic E-state index is 14.0. The Kier molecular flexibility index (Phi) is 5.47. The van der Waals surface area contributed by atoms with Gasteiger partial charge >= 0.3 is 0 Å². The Balaban J connectivity index is 1.53. The molecule has 1 aliphatic carbocycles. The van der Waals surface area contributed by atoms with Crippen molar-refractivity contribution in [3.63, 3.8) is 0 Å². The van der Waals surface area contributed by atoms with Crippen LogP contribution in [0.2, 0.25) is 0 Å². The molecule has 158 valence electrons. The van der Waals surface area contributed by atoms with Gasteiger partial charge in [0, 0.05) is 18.2 Å². The van der Waals surface area contributed by atoms with Crippen LogP contribution >= 0.6 is 0 Å². The van der Waals surface area contributed by atoms with Crippen molar-refractivity contribution in [2.75, 3.05) is 0 Å². The van der Waals surface area contributed by atoms with Gasteiger partial charge in [-0.05, 0) is 58.9 Å². The summed E-state index contributed by atoms with van der Waals surface area (Å²) in [5, 5.41) is 9.98. The SMILES string of the molecule is O=C(c1ccccc1-c1ccccc1)N(Cc1cccc(O)c1)C1Cc2ccccc2C1. The summed E-state index contributed by atoms with van der Waals surface area (Å²) >= 11 is 0. The Morgan fingerprint density at radius 2 is 1.44 bits per heavy atom. The van der Waals surface area contributed by atoms with Gasteiger partial charge in [-0.3, -0.25) is 4.79 Å². The fourth-order valence-electron chi connectivity index (χ4n) is 4.67. The summed E-state index contributed by atoms with van der Waals surface area (Å²) in [4.78, 5) is 16.0. The summed E-state index contributed by atoms with van der Waals surface area (Å²) in [6.07, 6.45) is 1.68. The van der Waals surface area contributed by atoms with Crippen LogP contribution in [0.15, 0.2) is 103 Å². The Labute approximate surface area is 188 Å². The molecule has 1 amide bonds. The molecule has 0 saturated carbocycles. The van der Waals surface area contributed by atoms with Crippen molar-refractivity contribution in [2.24, 2.45) is 0 Å². The van der Waals surface area contributed by atoms with Crippen molar-refractivity contribution >= 4 is 5.91 Å². The highest BCUT2D eigenvalue weighted by atomic mass is 16.3. The average molecular weight is 420 g/mol. The second kappa shape index (κ2) is 8.72. The largest absolute Gasteiger partial charge is 0.508 e. The topological polar surface area (TPSA) is 40.5 Å². The third kappa shape index (κ3) is 4.02. The highest BCUT2D eigenvalue weighted by Gasteiger charge is 2.31. The standard InChI is InChI=1S/C29H25NO2/c31-26-14-8-9-21(17-26)20-30(25-18-23-12-4-5-13-24(23)19-25)29(32)28-16-7-6-15-27(28)22-10-2-1-3-11-22/h1-17,25,31H,18-20H2. The molecule has 32 heavy (non-hydrogen) atoms. The normalized spacial score (nSPS) is 13.0. The van der Waals surface area contributed by atoms with Crippen LogP contribution in [0.3, 0.4) is 0 Å². The number of hydrogen-bond donors (Lipinski definition) is 1. The summed E-state index contributed by atoms with van der Waals surface area (Å²) < 4.78 is 0. The molecule has 3 heteroatoms. The Morgan fingerprint density at radius 3 is 2.16 bits per heavy atom. The van der Waals surface area contributed by atoms with Crippen LogP contribution in [0.5, 0.6) is 5.75 Å². The number of phenols is 1. The molecular weight excluding hydrogens is 394 g/mol. The van der Waals surface area contributed by atoms with Crippen LogP contribution in [0, 0.1) is 0 Å². The van der Waals surface area contributed by atoms with Crippen molar-refractivity contribution in [3.05, 3.63) is 125 Å². The zero-order valence-electron chi connectivity index (χ0n) is 17.8. The van der Waals surface area contributed by atoms with Gasteiger partial charge in [-0.1, -0.05) is 84.9 Å². The van der Waals surface area contributed by atoms with Crippen molar-refractivity contribution in [3.8, 4) is 16.9 Å². The number of hydrogen-bond acceptors (Lipinski definition) is 2. The van der Waals surface area contributed by atoms with E-state index in [-0.39, 0.29) is 17.7 Å². The molecule has 0 heterocycles. The van der Waals surface area contributed by atoms with Gasteiger partial charge in [-0.15, -0.1) is 0 Å². The molecule has 0 unspecified atom stereocenters. The molecule has 0 aliphatic heterocycles. The smallest absolute Gasteiger partial charge is 0.255 e. The molecule has 4 aromatic carbocycles. The minimum atomic E-state index is 0.0191. The zero-order chi connectivity index (χ0) is 21.9. The summed E-state index contributed by atoms with van der Waals surface area (Å²) in [5.74, 6) is 0.236. The first-order valence-electron chi connectivity index (χ1n) is 11.0. The number of carbonyl (C=O) groups excluding carboxylic acids is 1. The molecule has 0 spiro atoms. The lowest BCUT2D eigenvalue weighted by Crippen LogP contribution is -2.40. The van der Waals surface area contributed by atoms with E-state index in [1.54, 1.807) is 12.1 Å². The molecule has 0 aromatic heterocycles. The lowest BCUT2D eigenvalue weighted by atomic mass is 9.98. The Morgan fingerprint density at radius 1 is 0.781 bits per heavy atom. The number of aromatic hydroxyl groups is 1. The van der Waals surface area contributed by atoms with Gasteiger partial charge in [0.2, 0.25) is 0 Å². The van der Waals surface area contributed by atoms with E-state index in [0.29, 0.717) is 12.1 Å². The Hall–Kier alpha value is -3.85. The van der Waals surface area contributed by atoms with E-state index in [4.69, 9.17) is 0 Å². The fourth-order valence-corrected chi connectivity index (χ4v) is 4.67. The number of fused-ring (bicyclic) bond motifs is 1. The van der Waals surface area contributed by atoms with Crippen LogP contribution in [-0.2, 0) is 19.4 Å². The molecule has 4 aromatic rings. The lowest BCUT2D eigenvalue weighted by molar-refractivity contribution is 0.0668. The first-order valence-corrected chi connectivity index (χ1v) is 11.0. The van der Waals surface area contributed by atoms with Crippen LogP contribution in [-0.4, -0.2) is 22.0 Å². The quantitative estimate of drug-likeness (QED) is 0.440. The number of phenolic OH excluding ortho intramolecular Hbond substituents is 1. The molecule has 1 N–H and O–H groups in total. The zero-order valence-corrected chi connectivity index (χ0v) is 17.8. The van der Waals surface area contributed by atoms with Crippen LogP contribution in [0.1, 0.15) is 27.0 Å². The first-order chi connectivity index (χ1) is 15.7. The monoisotopic (exact) mass is 419 g/mol. The third-order valence-corrected chi connectivity index (χ3v) is 6.24. The van der Waals surface area contributed by atoms with Crippen molar-refractivity contribution in [2.45, 2.75) is 25.4 Å². The van der Waals surface area contributed by atoms with Crippen LogP contribution in [0.25, 0.3) is 11.1 Å². The average Bonchev–Trinajstić information content (AvgIpc) is 3.27. The van der Waals surface area contributed by atoms with Crippen molar-refractivity contribution in [1.29, 1.82) is 0 Å². The number of nitrogens with zero attached hydrogens (tertiary/aromatic N) is 1. The molecule has 0 bridgehead atoms. The third-order valence-electron chi connectivity index (χ3n) is 6.24. The summed E-state index contributed by atoms with van der Waals surface area (Å²) in [7, 11) is 0. The fraction of sp³-hybridized carbons (Fsp3) is 0.138. The predicted molar refractivity (Wildman–Crippen MR) is 127 cm³/mol. The molecule has 0 radical (unpaired) electrons. The molecule has 0 atom stereocenters. The van der Waals surface area contributed by atoms with E-state index in [0.717, 1.165) is 29.5 Å². The second-order valence-corrected chi connectivity index (χ2v) is 8.35. The van der Waals surface area contributed by atoms with Gasteiger partial charge in [0.15, 0.2) is 0 Å². The highest BCUT2D eigenvalue weighted by molar-refractivity contribution is 6.01. The predicted octanol–water partition coefficient (Wildman–Crippen LogP) is 5.87. The Bertz CT molecular complexity index is 1220. The van der Waals surface area contributed by atoms with E-state index in [1.807, 2.05) is 71.6 Å². The lowest BCUT2D eigenvalue weighted by Gasteiger charge is -2.30. The highest BCUT2D eigenvalue weighted by Crippen LogP contribution is 2.31. The van der Waals surface area contributed by atoms with Gasteiger partial charge in [0.05, 0.1) is 0 Å². The molecule has 5 rings (SSSR count). The maximum Gasteiger partial charge on any atom is 0.255 e. The molecule has 1 aliphatic rings. The first kappa shape index (κ1) is 20.1. The molecule has 0 fully saturated rings. The maximum atomic E-state index is 14.0.